The molecular formula is C16H28N4S. The number of hydrogen-bond acceptors (Lipinski definition) is 3. The van der Waals surface area contributed by atoms with E-state index in [1.165, 1.54) is 38.0 Å². The van der Waals surface area contributed by atoms with Crippen molar-refractivity contribution in [2.45, 2.75) is 33.2 Å². The minimum absolute atomic E-state index is 0.740. The maximum absolute atomic E-state index is 4.67. The molecule has 1 aromatic rings. The number of aliphatic imine (C=N–C) groups is 1. The zero-order valence-electron chi connectivity index (χ0n) is 13.3. The molecule has 5 heteroatoms. The Kier molecular flexibility index (Phi) is 7.03. The fourth-order valence-electron chi connectivity index (χ4n) is 2.74. The molecule has 1 aliphatic rings. The van der Waals surface area contributed by atoms with Crippen LogP contribution in [0.2, 0.25) is 0 Å². The van der Waals surface area contributed by atoms with Crippen molar-refractivity contribution in [3.63, 3.8) is 0 Å². The predicted molar refractivity (Wildman–Crippen MR) is 92.0 cm³/mol. The van der Waals surface area contributed by atoms with Crippen molar-refractivity contribution in [2.75, 3.05) is 32.7 Å². The van der Waals surface area contributed by atoms with Crippen LogP contribution in [0.15, 0.2) is 21.8 Å². The highest BCUT2D eigenvalue weighted by Gasteiger charge is 2.18. The molecule has 0 saturated carbocycles. The first-order valence-electron chi connectivity index (χ1n) is 8.07. The third kappa shape index (κ3) is 5.67. The smallest absolute Gasteiger partial charge is 0.191 e. The van der Waals surface area contributed by atoms with E-state index in [9.17, 15) is 0 Å². The summed E-state index contributed by atoms with van der Waals surface area (Å²) in [6.45, 7) is 10.7. The zero-order chi connectivity index (χ0) is 14.9. The Morgan fingerprint density at radius 3 is 3.05 bits per heavy atom. The van der Waals surface area contributed by atoms with Crippen molar-refractivity contribution >= 4 is 17.3 Å². The first-order valence-corrected chi connectivity index (χ1v) is 9.01. The maximum Gasteiger partial charge on any atom is 0.191 e. The number of hydrogen-bond donors (Lipinski definition) is 2. The number of nitrogens with zero attached hydrogens (tertiary/aromatic N) is 2. The van der Waals surface area contributed by atoms with Gasteiger partial charge in [0.2, 0.25) is 0 Å². The average Bonchev–Trinajstić information content (AvgIpc) is 3.03. The van der Waals surface area contributed by atoms with E-state index in [0.717, 1.165) is 31.5 Å². The Labute approximate surface area is 132 Å². The van der Waals surface area contributed by atoms with Gasteiger partial charge in [0.1, 0.15) is 0 Å². The first kappa shape index (κ1) is 16.3. The molecule has 1 aliphatic heterocycles. The van der Waals surface area contributed by atoms with Gasteiger partial charge in [-0.3, -0.25) is 0 Å². The summed E-state index contributed by atoms with van der Waals surface area (Å²) in [5.74, 6) is 1.68. The monoisotopic (exact) mass is 308 g/mol. The Morgan fingerprint density at radius 1 is 1.43 bits per heavy atom. The minimum atomic E-state index is 0.740. The third-order valence-corrected chi connectivity index (χ3v) is 4.68. The van der Waals surface area contributed by atoms with Gasteiger partial charge in [0.25, 0.3) is 0 Å². The first-order chi connectivity index (χ1) is 10.3. The number of rotatable bonds is 6. The van der Waals surface area contributed by atoms with E-state index in [0.29, 0.717) is 0 Å². The van der Waals surface area contributed by atoms with Crippen molar-refractivity contribution in [2.24, 2.45) is 10.9 Å². The molecule has 1 unspecified atom stereocenters. The minimum Gasteiger partial charge on any atom is -0.357 e. The van der Waals surface area contributed by atoms with Crippen LogP contribution >= 0.6 is 11.3 Å². The van der Waals surface area contributed by atoms with Gasteiger partial charge in [0.15, 0.2) is 5.96 Å². The second-order valence-corrected chi connectivity index (χ2v) is 6.39. The van der Waals surface area contributed by atoms with Gasteiger partial charge in [0, 0.05) is 19.6 Å². The molecule has 4 nitrogen and oxygen atoms in total. The molecule has 1 atom stereocenters. The topological polar surface area (TPSA) is 39.7 Å². The van der Waals surface area contributed by atoms with Crippen molar-refractivity contribution in [3.05, 3.63) is 22.4 Å². The standard InChI is InChI=1S/C16H28N4S/c1-3-17-16(19-11-15-7-9-21-13-15)18-10-14-6-5-8-20(4-2)12-14/h7,9,13-14H,3-6,8,10-12H2,1-2H3,(H2,17,18,19). The molecule has 0 bridgehead atoms. The van der Waals surface area contributed by atoms with Gasteiger partial charge in [-0.1, -0.05) is 6.92 Å². The van der Waals surface area contributed by atoms with Crippen LogP contribution in [-0.2, 0) is 6.54 Å². The molecular weight excluding hydrogens is 280 g/mol. The van der Waals surface area contributed by atoms with Crippen molar-refractivity contribution in [1.82, 2.24) is 15.5 Å². The lowest BCUT2D eigenvalue weighted by atomic mass is 9.98. The SMILES string of the molecule is CCNC(=NCc1ccsc1)NCC1CCCN(CC)C1. The van der Waals surface area contributed by atoms with Crippen LogP contribution in [0, 0.1) is 5.92 Å². The van der Waals surface area contributed by atoms with Crippen LogP contribution in [0.4, 0.5) is 0 Å². The highest BCUT2D eigenvalue weighted by molar-refractivity contribution is 7.07. The van der Waals surface area contributed by atoms with Crippen molar-refractivity contribution in [3.8, 4) is 0 Å². The Hall–Kier alpha value is -1.07. The quantitative estimate of drug-likeness (QED) is 0.627. The van der Waals surface area contributed by atoms with E-state index in [2.05, 4.69) is 51.2 Å². The summed E-state index contributed by atoms with van der Waals surface area (Å²) in [4.78, 5) is 7.21. The van der Waals surface area contributed by atoms with Crippen LogP contribution in [0.1, 0.15) is 32.3 Å². The largest absolute Gasteiger partial charge is 0.357 e. The Morgan fingerprint density at radius 2 is 2.33 bits per heavy atom. The molecule has 1 saturated heterocycles. The van der Waals surface area contributed by atoms with Crippen molar-refractivity contribution in [1.29, 1.82) is 0 Å². The molecule has 1 fully saturated rings. The number of nitrogens with one attached hydrogen (secondary N) is 2. The van der Waals surface area contributed by atoms with E-state index >= 15 is 0 Å². The van der Waals surface area contributed by atoms with E-state index in [4.69, 9.17) is 0 Å². The highest BCUT2D eigenvalue weighted by atomic mass is 32.1. The molecule has 0 aliphatic carbocycles. The molecule has 0 aromatic carbocycles. The van der Waals surface area contributed by atoms with Crippen LogP contribution < -0.4 is 10.6 Å². The second kappa shape index (κ2) is 9.05. The van der Waals surface area contributed by atoms with Gasteiger partial charge in [-0.05, 0) is 61.2 Å². The number of piperidine rings is 1. The number of thiophene rings is 1. The van der Waals surface area contributed by atoms with Gasteiger partial charge in [-0.15, -0.1) is 0 Å². The third-order valence-electron chi connectivity index (χ3n) is 3.95. The Bertz CT molecular complexity index is 416. The highest BCUT2D eigenvalue weighted by Crippen LogP contribution is 2.15. The van der Waals surface area contributed by atoms with E-state index in [-0.39, 0.29) is 0 Å². The Balaban J connectivity index is 1.80. The summed E-state index contributed by atoms with van der Waals surface area (Å²) < 4.78 is 0. The van der Waals surface area contributed by atoms with Gasteiger partial charge in [-0.25, -0.2) is 4.99 Å². The normalized spacial score (nSPS) is 20.5. The predicted octanol–water partition coefficient (Wildman–Crippen LogP) is 2.54. The summed E-state index contributed by atoms with van der Waals surface area (Å²) in [7, 11) is 0. The van der Waals surface area contributed by atoms with Crippen LogP contribution in [0.5, 0.6) is 0 Å². The lowest BCUT2D eigenvalue weighted by Crippen LogP contribution is -2.44. The number of guanidine groups is 1. The van der Waals surface area contributed by atoms with Crippen LogP contribution in [-0.4, -0.2) is 43.6 Å². The molecule has 0 radical (unpaired) electrons. The van der Waals surface area contributed by atoms with Gasteiger partial charge in [0.05, 0.1) is 6.54 Å². The fraction of sp³-hybridized carbons (Fsp3) is 0.688. The molecule has 1 aromatic heterocycles. The van der Waals surface area contributed by atoms with Gasteiger partial charge < -0.3 is 15.5 Å². The zero-order valence-corrected chi connectivity index (χ0v) is 14.1. The molecule has 2 N–H and O–H groups in total. The second-order valence-electron chi connectivity index (χ2n) is 5.61. The lowest BCUT2D eigenvalue weighted by Gasteiger charge is -2.32. The molecule has 2 heterocycles. The summed E-state index contributed by atoms with van der Waals surface area (Å²) in [5, 5.41) is 11.1. The maximum atomic E-state index is 4.67. The van der Waals surface area contributed by atoms with Crippen LogP contribution in [0.25, 0.3) is 0 Å². The molecule has 2 rings (SSSR count). The van der Waals surface area contributed by atoms with E-state index in [1.54, 1.807) is 11.3 Å². The van der Waals surface area contributed by atoms with Crippen molar-refractivity contribution < 1.29 is 0 Å². The molecule has 21 heavy (non-hydrogen) atoms. The van der Waals surface area contributed by atoms with Gasteiger partial charge >= 0.3 is 0 Å². The van der Waals surface area contributed by atoms with E-state index < -0.39 is 0 Å². The summed E-state index contributed by atoms with van der Waals surface area (Å²) in [6, 6.07) is 2.14. The molecule has 0 amide bonds. The molecule has 118 valence electrons. The van der Waals surface area contributed by atoms with Crippen LogP contribution in [0.3, 0.4) is 0 Å². The summed E-state index contributed by atoms with van der Waals surface area (Å²) in [6.07, 6.45) is 2.65. The van der Waals surface area contributed by atoms with E-state index in [1.807, 2.05) is 0 Å². The molecule has 0 spiro atoms. The number of likely N-dealkylation sites (tertiary alicyclic amines) is 1. The van der Waals surface area contributed by atoms with Gasteiger partial charge in [-0.2, -0.15) is 11.3 Å². The lowest BCUT2D eigenvalue weighted by molar-refractivity contribution is 0.183. The summed E-state index contributed by atoms with van der Waals surface area (Å²) in [5.41, 5.74) is 1.28. The summed E-state index contributed by atoms with van der Waals surface area (Å²) >= 11 is 1.73. The fourth-order valence-corrected chi connectivity index (χ4v) is 3.40. The average molecular weight is 308 g/mol.